The third kappa shape index (κ3) is 5.06. The van der Waals surface area contributed by atoms with Crippen molar-refractivity contribution in [3.8, 4) is 0 Å². The first kappa shape index (κ1) is 16.4. The maximum Gasteiger partial charge on any atom is 0.0537 e. The van der Waals surface area contributed by atoms with Crippen LogP contribution in [0.2, 0.25) is 0 Å². The predicted octanol–water partition coefficient (Wildman–Crippen LogP) is 2.32. The summed E-state index contributed by atoms with van der Waals surface area (Å²) >= 11 is 0. The van der Waals surface area contributed by atoms with Gasteiger partial charge in [0.15, 0.2) is 0 Å². The number of hydrogen-bond acceptors (Lipinski definition) is 3. The van der Waals surface area contributed by atoms with Crippen LogP contribution >= 0.6 is 12.4 Å². The van der Waals surface area contributed by atoms with Gasteiger partial charge in [-0.2, -0.15) is 5.10 Å². The Hall–Kier alpha value is -0.580. The summed E-state index contributed by atoms with van der Waals surface area (Å²) in [4.78, 5) is 0. The van der Waals surface area contributed by atoms with Gasteiger partial charge in [0, 0.05) is 37.6 Å². The van der Waals surface area contributed by atoms with E-state index in [9.17, 15) is 0 Å². The molecule has 4 nitrogen and oxygen atoms in total. The first-order valence-corrected chi connectivity index (χ1v) is 5.89. The zero-order valence-electron chi connectivity index (χ0n) is 11.2. The average molecular weight is 262 g/mol. The van der Waals surface area contributed by atoms with Crippen molar-refractivity contribution < 1.29 is 4.74 Å². The SMILES string of the molecule is COCCCNCc1cnn(C(C)C)c1C.Cl. The molecule has 0 saturated heterocycles. The van der Waals surface area contributed by atoms with Crippen molar-refractivity contribution in [2.45, 2.75) is 39.8 Å². The van der Waals surface area contributed by atoms with Crippen LogP contribution in [0.25, 0.3) is 0 Å². The molecule has 0 fully saturated rings. The molecule has 0 atom stereocenters. The lowest BCUT2D eigenvalue weighted by Gasteiger charge is -2.09. The third-order valence-corrected chi connectivity index (χ3v) is 2.65. The van der Waals surface area contributed by atoms with E-state index in [1.165, 1.54) is 11.3 Å². The summed E-state index contributed by atoms with van der Waals surface area (Å²) in [6, 6.07) is 0.433. The average Bonchev–Trinajstić information content (AvgIpc) is 2.60. The van der Waals surface area contributed by atoms with Crippen molar-refractivity contribution in [1.82, 2.24) is 15.1 Å². The van der Waals surface area contributed by atoms with E-state index in [1.54, 1.807) is 7.11 Å². The van der Waals surface area contributed by atoms with Crippen LogP contribution in [0.1, 0.15) is 37.6 Å². The molecule has 1 aromatic heterocycles. The Morgan fingerprint density at radius 2 is 2.18 bits per heavy atom. The second-order valence-corrected chi connectivity index (χ2v) is 4.32. The van der Waals surface area contributed by atoms with Gasteiger partial charge in [0.2, 0.25) is 0 Å². The van der Waals surface area contributed by atoms with Crippen LogP contribution in [0.15, 0.2) is 6.20 Å². The van der Waals surface area contributed by atoms with Crippen molar-refractivity contribution in [3.05, 3.63) is 17.5 Å². The number of nitrogens with one attached hydrogen (secondary N) is 1. The van der Waals surface area contributed by atoms with Gasteiger partial charge in [-0.3, -0.25) is 4.68 Å². The number of ether oxygens (including phenoxy) is 1. The Morgan fingerprint density at radius 1 is 1.47 bits per heavy atom. The number of nitrogens with zero attached hydrogens (tertiary/aromatic N) is 2. The zero-order valence-corrected chi connectivity index (χ0v) is 12.0. The molecule has 1 aromatic rings. The molecule has 1 rings (SSSR count). The first-order chi connectivity index (χ1) is 7.66. The van der Waals surface area contributed by atoms with Gasteiger partial charge in [-0.1, -0.05) is 0 Å². The Kier molecular flexibility index (Phi) is 8.21. The van der Waals surface area contributed by atoms with Crippen LogP contribution < -0.4 is 5.32 Å². The summed E-state index contributed by atoms with van der Waals surface area (Å²) in [5.74, 6) is 0. The summed E-state index contributed by atoms with van der Waals surface area (Å²) in [7, 11) is 1.73. The lowest BCUT2D eigenvalue weighted by molar-refractivity contribution is 0.194. The van der Waals surface area contributed by atoms with Gasteiger partial charge in [-0.05, 0) is 33.7 Å². The summed E-state index contributed by atoms with van der Waals surface area (Å²) in [6.45, 7) is 9.12. The molecule has 17 heavy (non-hydrogen) atoms. The first-order valence-electron chi connectivity index (χ1n) is 5.89. The summed E-state index contributed by atoms with van der Waals surface area (Å²) < 4.78 is 7.06. The molecule has 100 valence electrons. The molecule has 1 N–H and O–H groups in total. The predicted molar refractivity (Wildman–Crippen MR) is 72.8 cm³/mol. The second kappa shape index (κ2) is 8.50. The Morgan fingerprint density at radius 3 is 2.71 bits per heavy atom. The Labute approximate surface area is 110 Å². The van der Waals surface area contributed by atoms with E-state index in [1.807, 2.05) is 6.20 Å². The second-order valence-electron chi connectivity index (χ2n) is 4.32. The van der Waals surface area contributed by atoms with E-state index in [0.29, 0.717) is 6.04 Å². The van der Waals surface area contributed by atoms with Crippen molar-refractivity contribution in [2.24, 2.45) is 0 Å². The smallest absolute Gasteiger partial charge is 0.0537 e. The minimum atomic E-state index is 0. The normalized spacial score (nSPS) is 10.6. The van der Waals surface area contributed by atoms with E-state index in [0.717, 1.165) is 26.1 Å². The number of hydrogen-bond donors (Lipinski definition) is 1. The number of halogens is 1. The summed E-state index contributed by atoms with van der Waals surface area (Å²) in [6.07, 6.45) is 3.01. The van der Waals surface area contributed by atoms with E-state index < -0.39 is 0 Å². The molecular formula is C12H24ClN3O. The van der Waals surface area contributed by atoms with Gasteiger partial charge in [0.1, 0.15) is 0 Å². The molecule has 0 aliphatic rings. The Bertz CT molecular complexity index is 313. The highest BCUT2D eigenvalue weighted by Crippen LogP contribution is 2.12. The van der Waals surface area contributed by atoms with Crippen molar-refractivity contribution in [1.29, 1.82) is 0 Å². The van der Waals surface area contributed by atoms with Crippen LogP contribution in [-0.4, -0.2) is 30.0 Å². The van der Waals surface area contributed by atoms with Gasteiger partial charge in [-0.15, -0.1) is 12.4 Å². The van der Waals surface area contributed by atoms with Gasteiger partial charge >= 0.3 is 0 Å². The quantitative estimate of drug-likeness (QED) is 0.766. The number of methoxy groups -OCH3 is 1. The standard InChI is InChI=1S/C12H23N3O.ClH/c1-10(2)15-11(3)12(9-14-15)8-13-6-5-7-16-4;/h9-10,13H,5-8H2,1-4H3;1H. The fourth-order valence-electron chi connectivity index (χ4n) is 1.72. The lowest BCUT2D eigenvalue weighted by atomic mass is 10.2. The minimum Gasteiger partial charge on any atom is -0.385 e. The maximum atomic E-state index is 5.00. The highest BCUT2D eigenvalue weighted by Gasteiger charge is 2.07. The monoisotopic (exact) mass is 261 g/mol. The van der Waals surface area contributed by atoms with Crippen LogP contribution in [0.3, 0.4) is 0 Å². The highest BCUT2D eigenvalue weighted by atomic mass is 35.5. The van der Waals surface area contributed by atoms with Crippen LogP contribution in [0, 0.1) is 6.92 Å². The Balaban J connectivity index is 0.00000256. The van der Waals surface area contributed by atoms with Crippen LogP contribution in [-0.2, 0) is 11.3 Å². The zero-order chi connectivity index (χ0) is 12.0. The number of rotatable bonds is 7. The number of aromatic nitrogens is 2. The third-order valence-electron chi connectivity index (χ3n) is 2.65. The lowest BCUT2D eigenvalue weighted by Crippen LogP contribution is -2.16. The molecule has 0 saturated carbocycles. The van der Waals surface area contributed by atoms with E-state index in [4.69, 9.17) is 4.74 Å². The van der Waals surface area contributed by atoms with Crippen molar-refractivity contribution >= 4 is 12.4 Å². The van der Waals surface area contributed by atoms with Gasteiger partial charge in [0.05, 0.1) is 6.20 Å². The van der Waals surface area contributed by atoms with E-state index >= 15 is 0 Å². The van der Waals surface area contributed by atoms with Crippen molar-refractivity contribution in [2.75, 3.05) is 20.3 Å². The molecule has 0 radical (unpaired) electrons. The summed E-state index contributed by atoms with van der Waals surface area (Å²) in [5, 5.41) is 7.78. The highest BCUT2D eigenvalue weighted by molar-refractivity contribution is 5.85. The van der Waals surface area contributed by atoms with Crippen molar-refractivity contribution in [3.63, 3.8) is 0 Å². The van der Waals surface area contributed by atoms with Crippen LogP contribution in [0.4, 0.5) is 0 Å². The fourth-order valence-corrected chi connectivity index (χ4v) is 1.72. The fraction of sp³-hybridized carbons (Fsp3) is 0.750. The molecule has 5 heteroatoms. The molecular weight excluding hydrogens is 238 g/mol. The van der Waals surface area contributed by atoms with Gasteiger partial charge in [-0.25, -0.2) is 0 Å². The molecule has 0 unspecified atom stereocenters. The van der Waals surface area contributed by atoms with E-state index in [-0.39, 0.29) is 12.4 Å². The van der Waals surface area contributed by atoms with Crippen LogP contribution in [0.5, 0.6) is 0 Å². The molecule has 0 aromatic carbocycles. The maximum absolute atomic E-state index is 5.00. The largest absolute Gasteiger partial charge is 0.385 e. The van der Waals surface area contributed by atoms with Gasteiger partial charge < -0.3 is 10.1 Å². The van der Waals surface area contributed by atoms with E-state index in [2.05, 4.69) is 35.9 Å². The molecule has 0 bridgehead atoms. The molecule has 0 amide bonds. The molecule has 0 aliphatic carbocycles. The topological polar surface area (TPSA) is 39.1 Å². The molecule has 0 spiro atoms. The molecule has 0 aliphatic heterocycles. The molecule has 1 heterocycles. The minimum absolute atomic E-state index is 0. The summed E-state index contributed by atoms with van der Waals surface area (Å²) in [5.41, 5.74) is 2.54. The van der Waals surface area contributed by atoms with Gasteiger partial charge in [0.25, 0.3) is 0 Å².